The summed E-state index contributed by atoms with van der Waals surface area (Å²) < 4.78 is 5.12. The van der Waals surface area contributed by atoms with Gasteiger partial charge < -0.3 is 15.2 Å². The summed E-state index contributed by atoms with van der Waals surface area (Å²) in [5.41, 5.74) is -0.221. The average molecular weight is 237 g/mol. The van der Waals surface area contributed by atoms with Gasteiger partial charge >= 0.3 is 0 Å². The summed E-state index contributed by atoms with van der Waals surface area (Å²) in [6.45, 7) is 5.18. The molecule has 0 saturated heterocycles. The summed E-state index contributed by atoms with van der Waals surface area (Å²) in [6.07, 6.45) is -0.638. The SMILES string of the molecule is COc1ccccc1C(=O)NC(C)(C)C(C)O. The van der Waals surface area contributed by atoms with Crippen molar-refractivity contribution in [3.05, 3.63) is 29.8 Å². The molecule has 0 aliphatic heterocycles. The van der Waals surface area contributed by atoms with E-state index in [1.54, 1.807) is 45.0 Å². The summed E-state index contributed by atoms with van der Waals surface area (Å²) in [5.74, 6) is 0.264. The van der Waals surface area contributed by atoms with Crippen molar-refractivity contribution in [3.63, 3.8) is 0 Å². The number of carbonyl (C=O) groups excluding carboxylic acids is 1. The molecule has 1 aromatic rings. The second-order valence-corrected chi connectivity index (χ2v) is 4.55. The smallest absolute Gasteiger partial charge is 0.255 e. The number of hydrogen-bond donors (Lipinski definition) is 2. The first-order valence-corrected chi connectivity index (χ1v) is 5.52. The van der Waals surface area contributed by atoms with Crippen LogP contribution in [0, 0.1) is 0 Å². The van der Waals surface area contributed by atoms with E-state index >= 15 is 0 Å². The number of ether oxygens (including phenoxy) is 1. The largest absolute Gasteiger partial charge is 0.496 e. The third-order valence-corrected chi connectivity index (χ3v) is 2.83. The molecular weight excluding hydrogens is 218 g/mol. The van der Waals surface area contributed by atoms with Crippen molar-refractivity contribution < 1.29 is 14.6 Å². The molecule has 0 aliphatic rings. The van der Waals surface area contributed by atoms with Gasteiger partial charge in [-0.3, -0.25) is 4.79 Å². The zero-order valence-corrected chi connectivity index (χ0v) is 10.7. The number of benzene rings is 1. The number of para-hydroxylation sites is 1. The zero-order chi connectivity index (χ0) is 13.1. The zero-order valence-electron chi connectivity index (χ0n) is 10.7. The second-order valence-electron chi connectivity index (χ2n) is 4.55. The van der Waals surface area contributed by atoms with Crippen molar-refractivity contribution in [1.82, 2.24) is 5.32 Å². The van der Waals surface area contributed by atoms with Crippen LogP contribution in [0.3, 0.4) is 0 Å². The van der Waals surface area contributed by atoms with Gasteiger partial charge in [0, 0.05) is 0 Å². The lowest BCUT2D eigenvalue weighted by atomic mass is 9.98. The Balaban J connectivity index is 2.91. The van der Waals surface area contributed by atoms with Gasteiger partial charge in [0.05, 0.1) is 24.3 Å². The van der Waals surface area contributed by atoms with Gasteiger partial charge in [-0.25, -0.2) is 0 Å². The highest BCUT2D eigenvalue weighted by Crippen LogP contribution is 2.18. The van der Waals surface area contributed by atoms with Crippen LogP contribution in [-0.4, -0.2) is 29.8 Å². The molecule has 0 spiro atoms. The first kappa shape index (κ1) is 13.5. The Hall–Kier alpha value is -1.55. The van der Waals surface area contributed by atoms with Crippen LogP contribution in [0.4, 0.5) is 0 Å². The first-order chi connectivity index (χ1) is 7.88. The van der Waals surface area contributed by atoms with Gasteiger partial charge in [0.2, 0.25) is 0 Å². The summed E-state index contributed by atoms with van der Waals surface area (Å²) in [6, 6.07) is 6.98. The van der Waals surface area contributed by atoms with Gasteiger partial charge in [-0.2, -0.15) is 0 Å². The molecule has 1 atom stereocenters. The number of aliphatic hydroxyl groups is 1. The van der Waals surface area contributed by atoms with Crippen LogP contribution >= 0.6 is 0 Å². The number of amides is 1. The fourth-order valence-corrected chi connectivity index (χ4v) is 1.30. The van der Waals surface area contributed by atoms with E-state index in [0.717, 1.165) is 0 Å². The van der Waals surface area contributed by atoms with Crippen LogP contribution in [-0.2, 0) is 0 Å². The standard InChI is InChI=1S/C13H19NO3/c1-9(15)13(2,3)14-12(16)10-7-5-6-8-11(10)17-4/h5-9,15H,1-4H3,(H,14,16). The Morgan fingerprint density at radius 1 is 1.41 bits per heavy atom. The van der Waals surface area contributed by atoms with E-state index in [0.29, 0.717) is 11.3 Å². The Bertz CT molecular complexity index is 399. The molecule has 4 heteroatoms. The summed E-state index contributed by atoms with van der Waals surface area (Å²) >= 11 is 0. The minimum atomic E-state index is -0.683. The van der Waals surface area contributed by atoms with Gasteiger partial charge in [-0.1, -0.05) is 12.1 Å². The fourth-order valence-electron chi connectivity index (χ4n) is 1.30. The fraction of sp³-hybridized carbons (Fsp3) is 0.462. The van der Waals surface area contributed by atoms with E-state index in [2.05, 4.69) is 5.32 Å². The quantitative estimate of drug-likeness (QED) is 0.836. The Morgan fingerprint density at radius 2 is 2.00 bits per heavy atom. The minimum absolute atomic E-state index is 0.256. The lowest BCUT2D eigenvalue weighted by Gasteiger charge is -2.29. The number of methoxy groups -OCH3 is 1. The van der Waals surface area contributed by atoms with Crippen LogP contribution in [0.25, 0.3) is 0 Å². The Labute approximate surface area is 102 Å². The van der Waals surface area contributed by atoms with E-state index in [1.807, 2.05) is 0 Å². The van der Waals surface area contributed by atoms with Crippen LogP contribution in [0.5, 0.6) is 5.75 Å². The molecule has 17 heavy (non-hydrogen) atoms. The van der Waals surface area contributed by atoms with E-state index in [4.69, 9.17) is 4.74 Å². The third-order valence-electron chi connectivity index (χ3n) is 2.83. The Kier molecular flexibility index (Phi) is 4.12. The van der Waals surface area contributed by atoms with Gasteiger partial charge in [-0.15, -0.1) is 0 Å². The third kappa shape index (κ3) is 3.20. The number of carbonyl (C=O) groups is 1. The lowest BCUT2D eigenvalue weighted by Crippen LogP contribution is -2.51. The number of nitrogens with one attached hydrogen (secondary N) is 1. The van der Waals surface area contributed by atoms with E-state index in [1.165, 1.54) is 7.11 Å². The molecule has 0 saturated carbocycles. The molecule has 0 heterocycles. The molecule has 1 amide bonds. The predicted molar refractivity (Wildman–Crippen MR) is 66.2 cm³/mol. The van der Waals surface area contributed by atoms with Crippen molar-refractivity contribution in [1.29, 1.82) is 0 Å². The summed E-state index contributed by atoms with van der Waals surface area (Å²) in [7, 11) is 1.52. The van der Waals surface area contributed by atoms with Crippen molar-refractivity contribution >= 4 is 5.91 Å². The van der Waals surface area contributed by atoms with Gasteiger partial charge in [0.15, 0.2) is 0 Å². The molecule has 1 rings (SSSR count). The maximum atomic E-state index is 12.0. The summed E-state index contributed by atoms with van der Waals surface area (Å²) in [4.78, 5) is 12.0. The monoisotopic (exact) mass is 237 g/mol. The van der Waals surface area contributed by atoms with Crippen molar-refractivity contribution in [2.24, 2.45) is 0 Å². The maximum Gasteiger partial charge on any atom is 0.255 e. The van der Waals surface area contributed by atoms with Crippen molar-refractivity contribution in [3.8, 4) is 5.75 Å². The van der Waals surface area contributed by atoms with E-state index in [9.17, 15) is 9.90 Å². The molecular formula is C13H19NO3. The van der Waals surface area contributed by atoms with Gasteiger partial charge in [0.1, 0.15) is 5.75 Å². The van der Waals surface area contributed by atoms with Crippen LogP contribution in [0.1, 0.15) is 31.1 Å². The summed E-state index contributed by atoms with van der Waals surface area (Å²) in [5, 5.41) is 12.3. The van der Waals surface area contributed by atoms with Crippen LogP contribution in [0.15, 0.2) is 24.3 Å². The van der Waals surface area contributed by atoms with Crippen LogP contribution < -0.4 is 10.1 Å². The maximum absolute atomic E-state index is 12.0. The molecule has 1 unspecified atom stereocenters. The number of hydrogen-bond acceptors (Lipinski definition) is 3. The highest BCUT2D eigenvalue weighted by atomic mass is 16.5. The van der Waals surface area contributed by atoms with Crippen LogP contribution in [0.2, 0.25) is 0 Å². The van der Waals surface area contributed by atoms with Gasteiger partial charge in [-0.05, 0) is 32.9 Å². The average Bonchev–Trinajstić information content (AvgIpc) is 2.28. The van der Waals surface area contributed by atoms with Crippen molar-refractivity contribution in [2.45, 2.75) is 32.4 Å². The van der Waals surface area contributed by atoms with Gasteiger partial charge in [0.25, 0.3) is 5.91 Å². The molecule has 0 aliphatic carbocycles. The molecule has 4 nitrogen and oxygen atoms in total. The highest BCUT2D eigenvalue weighted by molar-refractivity contribution is 5.97. The predicted octanol–water partition coefficient (Wildman–Crippen LogP) is 1.58. The molecule has 0 bridgehead atoms. The van der Waals surface area contributed by atoms with E-state index < -0.39 is 11.6 Å². The Morgan fingerprint density at radius 3 is 2.53 bits per heavy atom. The topological polar surface area (TPSA) is 58.6 Å². The van der Waals surface area contributed by atoms with Crippen molar-refractivity contribution in [2.75, 3.05) is 7.11 Å². The lowest BCUT2D eigenvalue weighted by molar-refractivity contribution is 0.0707. The molecule has 0 fully saturated rings. The normalized spacial score (nSPS) is 13.0. The highest BCUT2D eigenvalue weighted by Gasteiger charge is 2.27. The molecule has 0 aromatic heterocycles. The second kappa shape index (κ2) is 5.19. The molecule has 2 N–H and O–H groups in total. The minimum Gasteiger partial charge on any atom is -0.496 e. The number of rotatable bonds is 4. The van der Waals surface area contributed by atoms with E-state index in [-0.39, 0.29) is 5.91 Å². The molecule has 94 valence electrons. The molecule has 1 aromatic carbocycles. The first-order valence-electron chi connectivity index (χ1n) is 5.52. The molecule has 0 radical (unpaired) electrons. The number of aliphatic hydroxyl groups excluding tert-OH is 1.